The van der Waals surface area contributed by atoms with Crippen LogP contribution in [0, 0.1) is 17.2 Å². The number of pyridine rings is 2. The number of nitriles is 1. The zero-order valence-corrected chi connectivity index (χ0v) is 21.9. The molecule has 37 heavy (non-hydrogen) atoms. The van der Waals surface area contributed by atoms with Gasteiger partial charge in [-0.1, -0.05) is 18.9 Å². The molecular weight excluding hydrogens is 547 g/mol. The molecule has 2 aliphatic rings. The number of nitrogens with zero attached hydrogens (tertiary/aromatic N) is 5. The lowest BCUT2D eigenvalue weighted by Crippen LogP contribution is -2.41. The minimum atomic E-state index is -4.48. The zero-order chi connectivity index (χ0) is 26.0. The van der Waals surface area contributed by atoms with Crippen LogP contribution in [0.2, 0.25) is 0 Å². The van der Waals surface area contributed by atoms with E-state index in [2.05, 4.69) is 47.6 Å². The molecule has 0 aromatic carbocycles. The van der Waals surface area contributed by atoms with Gasteiger partial charge in [0.2, 0.25) is 5.82 Å². The summed E-state index contributed by atoms with van der Waals surface area (Å²) in [6.45, 7) is -1.29. The molecule has 2 saturated carbocycles. The normalized spacial score (nSPS) is 21.7. The van der Waals surface area contributed by atoms with Gasteiger partial charge in [0.15, 0.2) is 0 Å². The van der Waals surface area contributed by atoms with Gasteiger partial charge in [-0.25, -0.2) is 9.97 Å². The first-order chi connectivity index (χ1) is 17.8. The Morgan fingerprint density at radius 3 is 2.49 bits per heavy atom. The lowest BCUT2D eigenvalue weighted by atomic mass is 9.87. The van der Waals surface area contributed by atoms with Crippen LogP contribution in [0.3, 0.4) is 0 Å². The van der Waals surface area contributed by atoms with Crippen LogP contribution in [-0.4, -0.2) is 37.8 Å². The quantitative estimate of drug-likeness (QED) is 0.345. The van der Waals surface area contributed by atoms with Gasteiger partial charge in [-0.2, -0.15) is 18.4 Å². The third-order valence-electron chi connectivity index (χ3n) is 7.56. The van der Waals surface area contributed by atoms with Gasteiger partial charge in [0.1, 0.15) is 23.9 Å². The molecule has 0 amide bonds. The van der Waals surface area contributed by atoms with Crippen molar-refractivity contribution in [2.45, 2.75) is 82.2 Å². The van der Waals surface area contributed by atoms with Crippen molar-refractivity contribution < 1.29 is 13.2 Å². The SMILES string of the molecule is N#Cc1nc2cnc(NC3CCC(NC(c4cccnc4)C4CCCC4)CC3)c(Br)c2n1CC(F)(F)F. The van der Waals surface area contributed by atoms with Crippen molar-refractivity contribution in [3.63, 3.8) is 0 Å². The molecule has 3 aromatic heterocycles. The predicted octanol–water partition coefficient (Wildman–Crippen LogP) is 6.27. The van der Waals surface area contributed by atoms with Crippen molar-refractivity contribution >= 4 is 32.8 Å². The number of aromatic nitrogens is 4. The standard InChI is InChI=1S/C26H29BrF3N7/c27-22-24-20(36-21(12-31)37(24)15-26(28,29)30)14-33-25(22)35-19-9-7-18(8-10-19)34-23(16-4-1-2-5-16)17-6-3-11-32-13-17/h3,6,11,13-14,16,18-19,23,34H,1-2,4-5,7-10,15H2,(H,33,35). The van der Waals surface area contributed by atoms with Gasteiger partial charge in [-0.3, -0.25) is 4.98 Å². The lowest BCUT2D eigenvalue weighted by molar-refractivity contribution is -0.140. The number of rotatable bonds is 7. The van der Waals surface area contributed by atoms with Crippen LogP contribution in [0.5, 0.6) is 0 Å². The number of anilines is 1. The molecular formula is C26H29BrF3N7. The monoisotopic (exact) mass is 575 g/mol. The minimum absolute atomic E-state index is 0.150. The predicted molar refractivity (Wildman–Crippen MR) is 138 cm³/mol. The Bertz CT molecular complexity index is 1260. The van der Waals surface area contributed by atoms with E-state index in [1.54, 1.807) is 6.07 Å². The Balaban J connectivity index is 1.26. The summed E-state index contributed by atoms with van der Waals surface area (Å²) in [4.78, 5) is 12.8. The van der Waals surface area contributed by atoms with Crippen LogP contribution >= 0.6 is 15.9 Å². The fourth-order valence-electron chi connectivity index (χ4n) is 5.81. The van der Waals surface area contributed by atoms with Crippen molar-refractivity contribution in [3.05, 3.63) is 46.6 Å². The van der Waals surface area contributed by atoms with Gasteiger partial charge < -0.3 is 15.2 Å². The van der Waals surface area contributed by atoms with Gasteiger partial charge >= 0.3 is 6.18 Å². The maximum atomic E-state index is 13.2. The third-order valence-corrected chi connectivity index (χ3v) is 8.31. The summed E-state index contributed by atoms with van der Waals surface area (Å²) >= 11 is 3.44. The van der Waals surface area contributed by atoms with Gasteiger partial charge in [-0.05, 0) is 72.0 Å². The van der Waals surface area contributed by atoms with Crippen molar-refractivity contribution in [2.24, 2.45) is 5.92 Å². The number of nitrogens with one attached hydrogen (secondary N) is 2. The Labute approximate surface area is 222 Å². The van der Waals surface area contributed by atoms with Gasteiger partial charge in [-0.15, -0.1) is 0 Å². The number of fused-ring (bicyclic) bond motifs is 1. The van der Waals surface area contributed by atoms with Crippen LogP contribution in [0.15, 0.2) is 35.2 Å². The van der Waals surface area contributed by atoms with Crippen molar-refractivity contribution in [2.75, 3.05) is 5.32 Å². The number of imidazole rings is 1. The second-order valence-electron chi connectivity index (χ2n) is 10.1. The maximum absolute atomic E-state index is 13.2. The highest BCUT2D eigenvalue weighted by Crippen LogP contribution is 2.38. The summed E-state index contributed by atoms with van der Waals surface area (Å²) in [7, 11) is 0. The van der Waals surface area contributed by atoms with Gasteiger partial charge in [0.25, 0.3) is 0 Å². The molecule has 7 nitrogen and oxygen atoms in total. The summed E-state index contributed by atoms with van der Waals surface area (Å²) in [6.07, 6.45) is 9.59. The molecule has 0 spiro atoms. The Kier molecular flexibility index (Phi) is 7.67. The molecule has 0 aliphatic heterocycles. The first-order valence-electron chi connectivity index (χ1n) is 12.8. The third kappa shape index (κ3) is 5.91. The second kappa shape index (κ2) is 11.0. The van der Waals surface area contributed by atoms with E-state index in [0.29, 0.717) is 28.3 Å². The van der Waals surface area contributed by atoms with Crippen LogP contribution in [0.1, 0.15) is 68.8 Å². The molecule has 2 aliphatic carbocycles. The molecule has 1 unspecified atom stereocenters. The van der Waals surface area contributed by atoms with Crippen LogP contribution in [0.4, 0.5) is 19.0 Å². The highest BCUT2D eigenvalue weighted by molar-refractivity contribution is 9.10. The van der Waals surface area contributed by atoms with Crippen LogP contribution < -0.4 is 10.6 Å². The molecule has 0 saturated heterocycles. The molecule has 11 heteroatoms. The smallest absolute Gasteiger partial charge is 0.366 e. The van der Waals surface area contributed by atoms with Crippen molar-refractivity contribution in [1.82, 2.24) is 24.8 Å². The van der Waals surface area contributed by atoms with E-state index in [0.717, 1.165) is 30.3 Å². The number of alkyl halides is 3. The average Bonchev–Trinajstić information content (AvgIpc) is 3.53. The maximum Gasteiger partial charge on any atom is 0.406 e. The summed E-state index contributed by atoms with van der Waals surface area (Å²) in [6, 6.07) is 6.78. The first-order valence-corrected chi connectivity index (χ1v) is 13.6. The Morgan fingerprint density at radius 2 is 1.84 bits per heavy atom. The molecule has 0 radical (unpaired) electrons. The molecule has 0 bridgehead atoms. The Morgan fingerprint density at radius 1 is 1.11 bits per heavy atom. The van der Waals surface area contributed by atoms with Gasteiger partial charge in [0.05, 0.1) is 16.2 Å². The highest BCUT2D eigenvalue weighted by Gasteiger charge is 2.33. The van der Waals surface area contributed by atoms with E-state index < -0.39 is 12.7 Å². The van der Waals surface area contributed by atoms with E-state index in [1.165, 1.54) is 37.4 Å². The molecule has 1 atom stereocenters. The summed E-state index contributed by atoms with van der Waals surface area (Å²) in [5.74, 6) is 0.812. The summed E-state index contributed by atoms with van der Waals surface area (Å²) in [5.41, 5.74) is 1.72. The van der Waals surface area contributed by atoms with E-state index in [4.69, 9.17) is 0 Å². The molecule has 2 fully saturated rings. The van der Waals surface area contributed by atoms with E-state index in [9.17, 15) is 18.4 Å². The number of hydrogen-bond acceptors (Lipinski definition) is 6. The number of halogens is 4. The molecule has 2 N–H and O–H groups in total. The average molecular weight is 576 g/mol. The lowest BCUT2D eigenvalue weighted by Gasteiger charge is -2.35. The molecule has 3 heterocycles. The fraction of sp³-hybridized carbons (Fsp3) is 0.538. The van der Waals surface area contributed by atoms with Gasteiger partial charge in [0, 0.05) is 30.5 Å². The molecule has 5 rings (SSSR count). The highest BCUT2D eigenvalue weighted by atomic mass is 79.9. The van der Waals surface area contributed by atoms with Crippen molar-refractivity contribution in [3.8, 4) is 6.07 Å². The van der Waals surface area contributed by atoms with E-state index >= 15 is 0 Å². The molecule has 3 aromatic rings. The zero-order valence-electron chi connectivity index (χ0n) is 20.3. The minimum Gasteiger partial charge on any atom is -0.366 e. The Hall–Kier alpha value is -2.71. The summed E-state index contributed by atoms with van der Waals surface area (Å²) < 4.78 is 40.9. The molecule has 196 valence electrons. The van der Waals surface area contributed by atoms with E-state index in [1.807, 2.05) is 18.5 Å². The van der Waals surface area contributed by atoms with Crippen LogP contribution in [-0.2, 0) is 6.54 Å². The first kappa shape index (κ1) is 25.9. The second-order valence-corrected chi connectivity index (χ2v) is 10.9. The van der Waals surface area contributed by atoms with Crippen LogP contribution in [0.25, 0.3) is 11.0 Å². The number of hydrogen-bond donors (Lipinski definition) is 2. The topological polar surface area (TPSA) is 91.4 Å². The summed E-state index contributed by atoms with van der Waals surface area (Å²) in [5, 5.41) is 16.7. The van der Waals surface area contributed by atoms with E-state index in [-0.39, 0.29) is 22.9 Å². The van der Waals surface area contributed by atoms with Crippen molar-refractivity contribution in [1.29, 1.82) is 5.26 Å². The largest absolute Gasteiger partial charge is 0.406 e. The fourth-order valence-corrected chi connectivity index (χ4v) is 6.45.